The van der Waals surface area contributed by atoms with Crippen molar-refractivity contribution < 1.29 is 18.0 Å². The first kappa shape index (κ1) is 19.9. The van der Waals surface area contributed by atoms with Gasteiger partial charge in [0.25, 0.3) is 5.91 Å². The van der Waals surface area contributed by atoms with E-state index < -0.39 is 11.7 Å². The Morgan fingerprint density at radius 3 is 2.70 bits per heavy atom. The maximum Gasteiger partial charge on any atom is 0.416 e. The zero-order chi connectivity index (χ0) is 21.3. The van der Waals surface area contributed by atoms with E-state index in [2.05, 4.69) is 16.4 Å². The van der Waals surface area contributed by atoms with Crippen LogP contribution >= 0.6 is 0 Å². The van der Waals surface area contributed by atoms with Crippen molar-refractivity contribution in [2.75, 3.05) is 5.73 Å². The van der Waals surface area contributed by atoms with Gasteiger partial charge in [-0.25, -0.2) is 0 Å². The second kappa shape index (κ2) is 7.82. The largest absolute Gasteiger partial charge is 0.416 e. The molecule has 30 heavy (non-hydrogen) atoms. The van der Waals surface area contributed by atoms with Gasteiger partial charge in [0.05, 0.1) is 17.3 Å². The number of hydrogen-bond donors (Lipinski definition) is 2. The van der Waals surface area contributed by atoms with Crippen LogP contribution < -0.4 is 11.1 Å². The number of halogens is 3. The number of alkyl halides is 3. The Hall–Kier alpha value is -3.35. The normalized spacial score (nSPS) is 16.0. The van der Waals surface area contributed by atoms with Crippen molar-refractivity contribution in [2.24, 2.45) is 0 Å². The minimum atomic E-state index is -4.49. The van der Waals surface area contributed by atoms with Gasteiger partial charge in [-0.2, -0.15) is 13.2 Å². The fourth-order valence-electron chi connectivity index (χ4n) is 3.82. The highest BCUT2D eigenvalue weighted by Crippen LogP contribution is 2.35. The zero-order valence-corrected chi connectivity index (χ0v) is 16.0. The van der Waals surface area contributed by atoms with Crippen LogP contribution in [0.1, 0.15) is 45.9 Å². The van der Waals surface area contributed by atoms with Crippen LogP contribution in [0, 0.1) is 0 Å². The molecule has 0 unspecified atom stereocenters. The van der Waals surface area contributed by atoms with Gasteiger partial charge in [-0.15, -0.1) is 0 Å². The van der Waals surface area contributed by atoms with Gasteiger partial charge in [-0.05, 0) is 60.7 Å². The monoisotopic (exact) mass is 411 g/mol. The number of pyridine rings is 1. The molecule has 1 aliphatic carbocycles. The van der Waals surface area contributed by atoms with E-state index in [4.69, 9.17) is 5.73 Å². The van der Waals surface area contributed by atoms with Crippen LogP contribution in [0.25, 0.3) is 11.3 Å². The van der Waals surface area contributed by atoms with E-state index in [-0.39, 0.29) is 28.9 Å². The Morgan fingerprint density at radius 1 is 1.10 bits per heavy atom. The smallest absolute Gasteiger partial charge is 0.398 e. The third-order valence-corrected chi connectivity index (χ3v) is 5.35. The summed E-state index contributed by atoms with van der Waals surface area (Å²) in [4.78, 5) is 17.0. The van der Waals surface area contributed by atoms with Crippen molar-refractivity contribution in [3.63, 3.8) is 0 Å². The molecular weight excluding hydrogens is 391 g/mol. The summed E-state index contributed by atoms with van der Waals surface area (Å²) >= 11 is 0. The number of anilines is 1. The highest BCUT2D eigenvalue weighted by molar-refractivity contribution is 5.95. The number of nitrogen functional groups attached to an aromatic ring is 1. The first-order valence-corrected chi connectivity index (χ1v) is 9.65. The molecule has 0 aliphatic heterocycles. The fourth-order valence-corrected chi connectivity index (χ4v) is 3.82. The molecule has 1 atom stereocenters. The first-order valence-electron chi connectivity index (χ1n) is 9.65. The number of amides is 1. The van der Waals surface area contributed by atoms with Crippen molar-refractivity contribution >= 4 is 11.6 Å². The molecule has 3 N–H and O–H groups in total. The maximum atomic E-state index is 13.1. The number of carbonyl (C=O) groups excluding carboxylic acids is 1. The molecule has 0 bridgehead atoms. The van der Waals surface area contributed by atoms with E-state index in [9.17, 15) is 18.0 Å². The average Bonchev–Trinajstić information content (AvgIpc) is 2.73. The number of hydrogen-bond acceptors (Lipinski definition) is 3. The molecule has 1 aromatic heterocycles. The van der Waals surface area contributed by atoms with Crippen LogP contribution in [0.5, 0.6) is 0 Å². The van der Waals surface area contributed by atoms with Gasteiger partial charge in [0.15, 0.2) is 0 Å². The summed E-state index contributed by atoms with van der Waals surface area (Å²) in [7, 11) is 0. The molecule has 0 saturated heterocycles. The lowest BCUT2D eigenvalue weighted by atomic mass is 9.87. The molecule has 154 valence electrons. The summed E-state index contributed by atoms with van der Waals surface area (Å²) in [6.45, 7) is 0. The molecule has 1 amide bonds. The van der Waals surface area contributed by atoms with Gasteiger partial charge in [0, 0.05) is 23.0 Å². The Labute approximate surface area is 171 Å². The number of aryl methyl sites for hydroxylation is 1. The predicted octanol–water partition coefficient (Wildman–Crippen LogP) is 5.16. The van der Waals surface area contributed by atoms with Crippen LogP contribution in [-0.4, -0.2) is 10.9 Å². The average molecular weight is 411 g/mol. The highest BCUT2D eigenvalue weighted by atomic mass is 19.4. The molecule has 3 aromatic rings. The van der Waals surface area contributed by atoms with Crippen molar-refractivity contribution in [3.8, 4) is 11.3 Å². The Bertz CT molecular complexity index is 1100. The van der Waals surface area contributed by atoms with Gasteiger partial charge in [-0.1, -0.05) is 24.3 Å². The predicted molar refractivity (Wildman–Crippen MR) is 109 cm³/mol. The molecular formula is C23H20F3N3O. The number of aromatic nitrogens is 1. The lowest BCUT2D eigenvalue weighted by Crippen LogP contribution is -2.31. The van der Waals surface area contributed by atoms with Crippen molar-refractivity contribution in [1.82, 2.24) is 10.3 Å². The Balaban J connectivity index is 1.61. The molecule has 7 heteroatoms. The summed E-state index contributed by atoms with van der Waals surface area (Å²) in [6, 6.07) is 14.0. The number of benzene rings is 2. The van der Waals surface area contributed by atoms with Gasteiger partial charge < -0.3 is 11.1 Å². The van der Waals surface area contributed by atoms with Crippen LogP contribution in [0.2, 0.25) is 0 Å². The standard InChI is InChI=1S/C23H20F3N3O/c24-23(25,26)16-8-9-19(27)18(13-16)21-12-15(10-11-28-21)22(30)29-20-7-3-5-14-4-1-2-6-17(14)20/h1-2,4,6,8-13,20H,3,5,7,27H2,(H,29,30)/t20-/m0/s1. The van der Waals surface area contributed by atoms with Gasteiger partial charge >= 0.3 is 6.18 Å². The number of rotatable bonds is 3. The molecule has 1 aliphatic rings. The Kier molecular flexibility index (Phi) is 5.20. The van der Waals surface area contributed by atoms with Crippen LogP contribution in [-0.2, 0) is 12.6 Å². The minimum absolute atomic E-state index is 0.0994. The summed E-state index contributed by atoms with van der Waals surface area (Å²) in [6.07, 6.45) is -0.299. The SMILES string of the molecule is Nc1ccc(C(F)(F)F)cc1-c1cc(C(=O)N[C@H]2CCCc3ccccc32)ccn1. The van der Waals surface area contributed by atoms with E-state index in [0.717, 1.165) is 37.0 Å². The molecule has 4 nitrogen and oxygen atoms in total. The molecule has 0 radical (unpaired) electrons. The van der Waals surface area contributed by atoms with E-state index in [1.54, 1.807) is 0 Å². The van der Waals surface area contributed by atoms with E-state index in [0.29, 0.717) is 5.56 Å². The van der Waals surface area contributed by atoms with Crippen LogP contribution in [0.3, 0.4) is 0 Å². The van der Waals surface area contributed by atoms with Gasteiger partial charge in [-0.3, -0.25) is 9.78 Å². The van der Waals surface area contributed by atoms with Crippen molar-refractivity contribution in [3.05, 3.63) is 83.0 Å². The fraction of sp³-hybridized carbons (Fsp3) is 0.217. The zero-order valence-electron chi connectivity index (χ0n) is 16.0. The summed E-state index contributed by atoms with van der Waals surface area (Å²) < 4.78 is 39.2. The number of fused-ring (bicyclic) bond motifs is 1. The number of nitrogens with zero attached hydrogens (tertiary/aromatic N) is 1. The molecule has 4 rings (SSSR count). The molecule has 2 aromatic carbocycles. The van der Waals surface area contributed by atoms with Crippen LogP contribution in [0.15, 0.2) is 60.8 Å². The van der Waals surface area contributed by atoms with E-state index in [1.807, 2.05) is 18.2 Å². The molecule has 0 spiro atoms. The third kappa shape index (κ3) is 4.01. The Morgan fingerprint density at radius 2 is 1.90 bits per heavy atom. The van der Waals surface area contributed by atoms with E-state index in [1.165, 1.54) is 30.0 Å². The minimum Gasteiger partial charge on any atom is -0.398 e. The lowest BCUT2D eigenvalue weighted by molar-refractivity contribution is -0.137. The highest BCUT2D eigenvalue weighted by Gasteiger charge is 2.31. The number of nitrogens with two attached hydrogens (primary N) is 1. The summed E-state index contributed by atoms with van der Waals surface area (Å²) in [5.74, 6) is -0.300. The second-order valence-electron chi connectivity index (χ2n) is 7.35. The molecule has 0 fully saturated rings. The maximum absolute atomic E-state index is 13.1. The second-order valence-corrected chi connectivity index (χ2v) is 7.35. The summed E-state index contributed by atoms with van der Waals surface area (Å²) in [5, 5.41) is 3.04. The molecule has 0 saturated carbocycles. The van der Waals surface area contributed by atoms with Crippen molar-refractivity contribution in [2.45, 2.75) is 31.5 Å². The van der Waals surface area contributed by atoms with E-state index >= 15 is 0 Å². The topological polar surface area (TPSA) is 68.0 Å². The third-order valence-electron chi connectivity index (χ3n) is 5.35. The first-order chi connectivity index (χ1) is 14.3. The quantitative estimate of drug-likeness (QED) is 0.585. The molecule has 1 heterocycles. The lowest BCUT2D eigenvalue weighted by Gasteiger charge is -2.26. The van der Waals surface area contributed by atoms with Gasteiger partial charge in [0.1, 0.15) is 0 Å². The number of carbonyl (C=O) groups is 1. The van der Waals surface area contributed by atoms with Gasteiger partial charge in [0.2, 0.25) is 0 Å². The summed E-state index contributed by atoms with van der Waals surface area (Å²) in [5.41, 5.74) is 8.24. The van der Waals surface area contributed by atoms with Crippen LogP contribution in [0.4, 0.5) is 18.9 Å². The van der Waals surface area contributed by atoms with Crippen molar-refractivity contribution in [1.29, 1.82) is 0 Å². The number of nitrogens with one attached hydrogen (secondary N) is 1.